The summed E-state index contributed by atoms with van der Waals surface area (Å²) >= 11 is 0. The van der Waals surface area contributed by atoms with E-state index in [1.807, 2.05) is 0 Å². The Balaban J connectivity index is 2.19. The quantitative estimate of drug-likeness (QED) is 0.362. The maximum absolute atomic E-state index is 11.6. The molecule has 0 bridgehead atoms. The SMILES string of the molecule is CC([C@H](O)CN1CNc2c1nc(N)[nH]c2=O)P(=O)(O)O. The highest BCUT2D eigenvalue weighted by Crippen LogP contribution is 2.43. The molecule has 2 atom stereocenters. The predicted octanol–water partition coefficient (Wildman–Crippen LogP) is -1.53. The van der Waals surface area contributed by atoms with Crippen LogP contribution in [0.25, 0.3) is 0 Å². The van der Waals surface area contributed by atoms with Crippen molar-refractivity contribution in [3.05, 3.63) is 10.4 Å². The normalized spacial score (nSPS) is 17.5. The van der Waals surface area contributed by atoms with Crippen LogP contribution in [0.5, 0.6) is 0 Å². The monoisotopic (exact) mass is 305 g/mol. The lowest BCUT2D eigenvalue weighted by molar-refractivity contribution is 0.167. The summed E-state index contributed by atoms with van der Waals surface area (Å²) in [6.45, 7) is 1.37. The molecule has 0 spiro atoms. The van der Waals surface area contributed by atoms with Gasteiger partial charge in [-0.05, 0) is 6.92 Å². The number of aromatic amines is 1. The zero-order valence-electron chi connectivity index (χ0n) is 10.6. The first-order valence-corrected chi connectivity index (χ1v) is 7.50. The standard InChI is InChI=1S/C9H16N5O5P/c1-4(20(17,18)19)5(15)2-14-3-11-6-7(14)12-9(10)13-8(6)16/h4-5,11,15H,2-3H2,1H3,(H2,17,18,19)(H3,10,12,13,16)/t4?,5-/m1/s1. The number of nitrogens with one attached hydrogen (secondary N) is 2. The van der Waals surface area contributed by atoms with Gasteiger partial charge in [0.25, 0.3) is 5.56 Å². The Morgan fingerprint density at radius 2 is 2.20 bits per heavy atom. The molecule has 1 aliphatic heterocycles. The average Bonchev–Trinajstić information content (AvgIpc) is 2.70. The van der Waals surface area contributed by atoms with E-state index in [9.17, 15) is 14.5 Å². The highest BCUT2D eigenvalue weighted by atomic mass is 31.2. The molecule has 0 radical (unpaired) electrons. The van der Waals surface area contributed by atoms with Crippen LogP contribution in [0.1, 0.15) is 6.92 Å². The molecule has 20 heavy (non-hydrogen) atoms. The van der Waals surface area contributed by atoms with Gasteiger partial charge < -0.3 is 30.8 Å². The van der Waals surface area contributed by atoms with Gasteiger partial charge >= 0.3 is 7.60 Å². The second kappa shape index (κ2) is 5.06. The van der Waals surface area contributed by atoms with Crippen LogP contribution in [0.2, 0.25) is 0 Å². The summed E-state index contributed by atoms with van der Waals surface area (Å²) in [6, 6.07) is 0. The van der Waals surface area contributed by atoms with Crippen LogP contribution in [0, 0.1) is 0 Å². The molecule has 2 rings (SSSR count). The minimum Gasteiger partial charge on any atom is -0.390 e. The predicted molar refractivity (Wildman–Crippen MR) is 72.6 cm³/mol. The van der Waals surface area contributed by atoms with Gasteiger partial charge in [-0.15, -0.1) is 0 Å². The smallest absolute Gasteiger partial charge is 0.330 e. The summed E-state index contributed by atoms with van der Waals surface area (Å²) in [5.41, 5.74) is 4.01. The Hall–Kier alpha value is -1.61. The van der Waals surface area contributed by atoms with Gasteiger partial charge in [0, 0.05) is 6.54 Å². The van der Waals surface area contributed by atoms with Gasteiger partial charge in [-0.1, -0.05) is 0 Å². The number of hydrogen-bond donors (Lipinski definition) is 6. The molecule has 1 aliphatic rings. The van der Waals surface area contributed by atoms with Gasteiger partial charge in [-0.2, -0.15) is 4.98 Å². The lowest BCUT2D eigenvalue weighted by Crippen LogP contribution is -2.38. The number of aliphatic hydroxyl groups is 1. The van der Waals surface area contributed by atoms with Crippen LogP contribution in [0.3, 0.4) is 0 Å². The van der Waals surface area contributed by atoms with Crippen LogP contribution in [0.4, 0.5) is 17.5 Å². The first kappa shape index (κ1) is 14.8. The first-order chi connectivity index (χ1) is 9.20. The number of β-amino-alcohol motifs (C(OH)–C–C–N with tert-alkyl or cyclic N) is 1. The van der Waals surface area contributed by atoms with Crippen molar-refractivity contribution in [2.75, 3.05) is 29.2 Å². The summed E-state index contributed by atoms with van der Waals surface area (Å²) < 4.78 is 11.1. The van der Waals surface area contributed by atoms with Crippen LogP contribution in [-0.4, -0.2) is 49.8 Å². The summed E-state index contributed by atoms with van der Waals surface area (Å²) in [5.74, 6) is 0.184. The van der Waals surface area contributed by atoms with Gasteiger partial charge in [-0.3, -0.25) is 14.3 Å². The van der Waals surface area contributed by atoms with Crippen LogP contribution >= 0.6 is 7.60 Å². The molecule has 0 fully saturated rings. The van der Waals surface area contributed by atoms with E-state index in [0.29, 0.717) is 0 Å². The summed E-state index contributed by atoms with van der Waals surface area (Å²) in [6.07, 6.45) is -1.27. The van der Waals surface area contributed by atoms with Crippen molar-refractivity contribution in [3.63, 3.8) is 0 Å². The van der Waals surface area contributed by atoms with Gasteiger partial charge in [0.2, 0.25) is 5.95 Å². The third kappa shape index (κ3) is 2.78. The summed E-state index contributed by atoms with van der Waals surface area (Å²) in [4.78, 5) is 37.5. The second-order valence-corrected chi connectivity index (χ2v) is 6.60. The maximum atomic E-state index is 11.6. The molecular weight excluding hydrogens is 289 g/mol. The van der Waals surface area contributed by atoms with Crippen LogP contribution in [0.15, 0.2) is 4.79 Å². The molecular formula is C9H16N5O5P. The molecule has 112 valence electrons. The number of fused-ring (bicyclic) bond motifs is 1. The minimum absolute atomic E-state index is 0.0695. The van der Waals surface area contributed by atoms with Crippen molar-refractivity contribution in [2.24, 2.45) is 0 Å². The molecule has 0 saturated heterocycles. The Bertz CT molecular complexity index is 613. The van der Waals surface area contributed by atoms with E-state index < -0.39 is 24.9 Å². The molecule has 0 aromatic carbocycles. The van der Waals surface area contributed by atoms with Crippen molar-refractivity contribution in [1.29, 1.82) is 0 Å². The zero-order valence-corrected chi connectivity index (χ0v) is 11.5. The first-order valence-electron chi connectivity index (χ1n) is 5.82. The fraction of sp³-hybridized carbons (Fsp3) is 0.556. The maximum Gasteiger partial charge on any atom is 0.330 e. The van der Waals surface area contributed by atoms with Crippen molar-refractivity contribution >= 4 is 25.0 Å². The number of nitrogens with zero attached hydrogens (tertiary/aromatic N) is 2. The van der Waals surface area contributed by atoms with Crippen LogP contribution < -0.4 is 21.5 Å². The Morgan fingerprint density at radius 3 is 2.80 bits per heavy atom. The fourth-order valence-electron chi connectivity index (χ4n) is 1.87. The molecule has 11 heteroatoms. The van der Waals surface area contributed by atoms with Crippen LogP contribution in [-0.2, 0) is 4.57 Å². The molecule has 2 heterocycles. The number of nitrogens with two attached hydrogens (primary N) is 1. The third-order valence-corrected chi connectivity index (χ3v) is 4.56. The van der Waals surface area contributed by atoms with Crippen molar-refractivity contribution in [2.45, 2.75) is 18.7 Å². The number of hydrogen-bond acceptors (Lipinski definition) is 7. The summed E-state index contributed by atoms with van der Waals surface area (Å²) in [5, 5.41) is 12.7. The number of aliphatic hydroxyl groups excluding tert-OH is 1. The number of H-pyrrole nitrogens is 1. The number of anilines is 3. The molecule has 1 aromatic rings. The minimum atomic E-state index is -4.38. The molecule has 10 nitrogen and oxygen atoms in total. The lowest BCUT2D eigenvalue weighted by Gasteiger charge is -2.25. The van der Waals surface area contributed by atoms with Gasteiger partial charge in [0.1, 0.15) is 5.69 Å². The average molecular weight is 305 g/mol. The Kier molecular flexibility index (Phi) is 3.74. The van der Waals surface area contributed by atoms with E-state index in [0.717, 1.165) is 0 Å². The van der Waals surface area contributed by atoms with Crippen molar-refractivity contribution < 1.29 is 19.5 Å². The molecule has 0 aliphatic carbocycles. The summed E-state index contributed by atoms with van der Waals surface area (Å²) in [7, 11) is -4.38. The topological polar surface area (TPSA) is 165 Å². The Labute approximate surface area is 113 Å². The van der Waals surface area contributed by atoms with Gasteiger partial charge in [0.05, 0.1) is 18.4 Å². The van der Waals surface area contributed by atoms with E-state index in [-0.39, 0.29) is 30.7 Å². The van der Waals surface area contributed by atoms with Gasteiger partial charge in [-0.25, -0.2) is 0 Å². The zero-order chi connectivity index (χ0) is 15.1. The molecule has 0 saturated carbocycles. The van der Waals surface area contributed by atoms with Crippen molar-refractivity contribution in [1.82, 2.24) is 9.97 Å². The second-order valence-electron chi connectivity index (χ2n) is 4.60. The van der Waals surface area contributed by atoms with E-state index in [2.05, 4.69) is 15.3 Å². The fourth-order valence-corrected chi connectivity index (χ4v) is 2.41. The highest BCUT2D eigenvalue weighted by molar-refractivity contribution is 7.52. The Morgan fingerprint density at radius 1 is 1.55 bits per heavy atom. The molecule has 7 N–H and O–H groups in total. The molecule has 1 unspecified atom stereocenters. The number of aromatic nitrogens is 2. The third-order valence-electron chi connectivity index (χ3n) is 3.16. The largest absolute Gasteiger partial charge is 0.390 e. The van der Waals surface area contributed by atoms with Gasteiger partial charge in [0.15, 0.2) is 5.82 Å². The van der Waals surface area contributed by atoms with E-state index in [1.165, 1.54) is 11.8 Å². The number of rotatable bonds is 4. The van der Waals surface area contributed by atoms with Crippen molar-refractivity contribution in [3.8, 4) is 0 Å². The van der Waals surface area contributed by atoms with E-state index in [1.54, 1.807) is 0 Å². The highest BCUT2D eigenvalue weighted by Gasteiger charge is 2.34. The number of nitrogen functional groups attached to an aromatic ring is 1. The molecule has 1 aromatic heterocycles. The molecule has 0 amide bonds. The van der Waals surface area contributed by atoms with E-state index in [4.69, 9.17) is 15.5 Å². The lowest BCUT2D eigenvalue weighted by atomic mass is 10.2. The van der Waals surface area contributed by atoms with E-state index >= 15 is 0 Å².